The summed E-state index contributed by atoms with van der Waals surface area (Å²) < 4.78 is 0. The van der Waals surface area contributed by atoms with Crippen molar-refractivity contribution in [1.82, 2.24) is 10.2 Å². The molecule has 2 amide bonds. The van der Waals surface area contributed by atoms with Crippen LogP contribution < -0.4 is 11.1 Å². The zero-order chi connectivity index (χ0) is 13.9. The van der Waals surface area contributed by atoms with Gasteiger partial charge in [0.2, 0.25) is 11.8 Å². The Morgan fingerprint density at radius 1 is 1.56 bits per heavy atom. The number of hydrogen-bond acceptors (Lipinski definition) is 3. The third kappa shape index (κ3) is 4.64. The van der Waals surface area contributed by atoms with Gasteiger partial charge in [-0.2, -0.15) is 0 Å². The minimum Gasteiger partial charge on any atom is -0.344 e. The summed E-state index contributed by atoms with van der Waals surface area (Å²) in [6, 6.07) is -0.511. The van der Waals surface area contributed by atoms with Crippen LogP contribution in [0.2, 0.25) is 0 Å². The van der Waals surface area contributed by atoms with Crippen LogP contribution in [0.25, 0.3) is 0 Å². The summed E-state index contributed by atoms with van der Waals surface area (Å²) in [6.45, 7) is 7.00. The molecule has 0 aliphatic carbocycles. The third-order valence-corrected chi connectivity index (χ3v) is 3.08. The Labute approximate surface area is 109 Å². The number of carbonyl (C=O) groups excluding carboxylic acids is 2. The second-order valence-electron chi connectivity index (χ2n) is 6.40. The molecule has 3 N–H and O–H groups in total. The second-order valence-corrected chi connectivity index (χ2v) is 6.40. The van der Waals surface area contributed by atoms with Crippen molar-refractivity contribution in [1.29, 1.82) is 0 Å². The zero-order valence-electron chi connectivity index (χ0n) is 11.8. The number of hydrogen-bond donors (Lipinski definition) is 2. The topological polar surface area (TPSA) is 75.4 Å². The van der Waals surface area contributed by atoms with E-state index in [1.54, 1.807) is 11.9 Å². The van der Waals surface area contributed by atoms with Gasteiger partial charge in [0.05, 0.1) is 0 Å². The third-order valence-electron chi connectivity index (χ3n) is 3.08. The molecule has 1 aliphatic heterocycles. The summed E-state index contributed by atoms with van der Waals surface area (Å²) >= 11 is 0. The predicted octanol–water partition coefficient (Wildman–Crippen LogP) is 0.487. The Hall–Kier alpha value is -1.10. The quantitative estimate of drug-likeness (QED) is 0.767. The van der Waals surface area contributed by atoms with Crippen molar-refractivity contribution in [2.45, 2.75) is 52.1 Å². The van der Waals surface area contributed by atoms with E-state index in [-0.39, 0.29) is 35.7 Å². The highest BCUT2D eigenvalue weighted by atomic mass is 16.2. The van der Waals surface area contributed by atoms with Gasteiger partial charge in [0, 0.05) is 26.1 Å². The molecule has 5 nitrogen and oxygen atoms in total. The summed E-state index contributed by atoms with van der Waals surface area (Å²) in [5, 5.41) is 2.77. The molecule has 1 aliphatic rings. The lowest BCUT2D eigenvalue weighted by Crippen LogP contribution is -2.43. The number of nitrogens with two attached hydrogens (primary N) is 1. The Morgan fingerprint density at radius 3 is 2.61 bits per heavy atom. The average Bonchev–Trinajstić information content (AvgIpc) is 2.46. The monoisotopic (exact) mass is 255 g/mol. The van der Waals surface area contributed by atoms with Crippen LogP contribution >= 0.6 is 0 Å². The Morgan fingerprint density at radius 2 is 2.17 bits per heavy atom. The molecule has 1 heterocycles. The molecule has 1 rings (SSSR count). The largest absolute Gasteiger partial charge is 0.344 e. The fourth-order valence-electron chi connectivity index (χ4n) is 2.31. The summed E-state index contributed by atoms with van der Waals surface area (Å²) in [4.78, 5) is 25.1. The van der Waals surface area contributed by atoms with E-state index in [1.165, 1.54) is 0 Å². The molecule has 104 valence electrons. The van der Waals surface area contributed by atoms with E-state index in [9.17, 15) is 9.59 Å². The first-order valence-electron chi connectivity index (χ1n) is 6.49. The normalized spacial score (nSPS) is 22.2. The standard InChI is InChI=1S/C13H25N3O2/c1-13(2,3)8-9(14)7-11(17)15-10-5-6-16(4)12(10)18/h9-10H,5-8,14H2,1-4H3,(H,15,17). The van der Waals surface area contributed by atoms with Gasteiger partial charge in [0.25, 0.3) is 0 Å². The highest BCUT2D eigenvalue weighted by molar-refractivity contribution is 5.89. The number of likely N-dealkylation sites (N-methyl/N-ethyl adjacent to an activating group) is 1. The van der Waals surface area contributed by atoms with E-state index in [4.69, 9.17) is 5.73 Å². The number of likely N-dealkylation sites (tertiary alicyclic amines) is 1. The first kappa shape index (κ1) is 15.0. The van der Waals surface area contributed by atoms with Crippen LogP contribution in [-0.2, 0) is 9.59 Å². The van der Waals surface area contributed by atoms with Crippen molar-refractivity contribution >= 4 is 11.8 Å². The Balaban J connectivity index is 2.36. The van der Waals surface area contributed by atoms with Crippen LogP contribution in [0.4, 0.5) is 0 Å². The molecule has 0 aromatic heterocycles. The number of nitrogens with one attached hydrogen (secondary N) is 1. The maximum atomic E-state index is 11.8. The molecule has 2 atom stereocenters. The Bertz CT molecular complexity index is 323. The minimum absolute atomic E-state index is 0.00672. The predicted molar refractivity (Wildman–Crippen MR) is 70.8 cm³/mol. The number of amides is 2. The first-order valence-corrected chi connectivity index (χ1v) is 6.49. The average molecular weight is 255 g/mol. The molecule has 0 spiro atoms. The molecule has 0 aromatic carbocycles. The van der Waals surface area contributed by atoms with Gasteiger partial charge >= 0.3 is 0 Å². The van der Waals surface area contributed by atoms with Gasteiger partial charge in [0.1, 0.15) is 6.04 Å². The molecular formula is C13H25N3O2. The lowest BCUT2D eigenvalue weighted by Gasteiger charge is -2.23. The van der Waals surface area contributed by atoms with Crippen LogP contribution in [0.15, 0.2) is 0 Å². The van der Waals surface area contributed by atoms with Crippen molar-refractivity contribution in [3.05, 3.63) is 0 Å². The SMILES string of the molecule is CN1CCC(NC(=O)CC(N)CC(C)(C)C)C1=O. The lowest BCUT2D eigenvalue weighted by molar-refractivity contribution is -0.132. The van der Waals surface area contributed by atoms with Gasteiger partial charge < -0.3 is 16.0 Å². The number of rotatable bonds is 4. The maximum Gasteiger partial charge on any atom is 0.244 e. The lowest BCUT2D eigenvalue weighted by atomic mass is 9.87. The molecule has 5 heteroatoms. The summed E-state index contributed by atoms with van der Waals surface area (Å²) in [5.41, 5.74) is 6.05. The number of nitrogens with zero attached hydrogens (tertiary/aromatic N) is 1. The van der Waals surface area contributed by atoms with E-state index < -0.39 is 0 Å². The van der Waals surface area contributed by atoms with Crippen LogP contribution in [0.5, 0.6) is 0 Å². The minimum atomic E-state index is -0.357. The maximum absolute atomic E-state index is 11.8. The smallest absolute Gasteiger partial charge is 0.244 e. The van der Waals surface area contributed by atoms with Gasteiger partial charge in [-0.25, -0.2) is 0 Å². The molecule has 0 aromatic rings. The van der Waals surface area contributed by atoms with Crippen molar-refractivity contribution in [3.63, 3.8) is 0 Å². The van der Waals surface area contributed by atoms with Gasteiger partial charge in [-0.3, -0.25) is 9.59 Å². The first-order chi connectivity index (χ1) is 8.19. The molecule has 2 unspecified atom stereocenters. The summed E-state index contributed by atoms with van der Waals surface area (Å²) in [6.07, 6.45) is 1.76. The van der Waals surface area contributed by atoms with E-state index >= 15 is 0 Å². The van der Waals surface area contributed by atoms with Crippen LogP contribution in [0.3, 0.4) is 0 Å². The van der Waals surface area contributed by atoms with Gasteiger partial charge in [0.15, 0.2) is 0 Å². The molecular weight excluding hydrogens is 230 g/mol. The van der Waals surface area contributed by atoms with Crippen molar-refractivity contribution in [3.8, 4) is 0 Å². The van der Waals surface area contributed by atoms with Gasteiger partial charge in [-0.1, -0.05) is 20.8 Å². The van der Waals surface area contributed by atoms with Crippen molar-refractivity contribution < 1.29 is 9.59 Å². The second kappa shape index (κ2) is 5.69. The molecule has 1 saturated heterocycles. The Kier molecular flexibility index (Phi) is 4.73. The molecule has 18 heavy (non-hydrogen) atoms. The molecule has 0 bridgehead atoms. The highest BCUT2D eigenvalue weighted by Gasteiger charge is 2.30. The van der Waals surface area contributed by atoms with Crippen LogP contribution in [0, 0.1) is 5.41 Å². The fraction of sp³-hybridized carbons (Fsp3) is 0.846. The zero-order valence-corrected chi connectivity index (χ0v) is 11.8. The number of carbonyl (C=O) groups is 2. The fourth-order valence-corrected chi connectivity index (χ4v) is 2.31. The van der Waals surface area contributed by atoms with Crippen LogP contribution in [-0.4, -0.2) is 42.4 Å². The van der Waals surface area contributed by atoms with Crippen LogP contribution in [0.1, 0.15) is 40.0 Å². The molecule has 1 fully saturated rings. The van der Waals surface area contributed by atoms with E-state index in [1.807, 2.05) is 0 Å². The van der Waals surface area contributed by atoms with Crippen molar-refractivity contribution in [2.75, 3.05) is 13.6 Å². The van der Waals surface area contributed by atoms with E-state index in [2.05, 4.69) is 26.1 Å². The highest BCUT2D eigenvalue weighted by Crippen LogP contribution is 2.21. The van der Waals surface area contributed by atoms with Gasteiger partial charge in [-0.05, 0) is 18.3 Å². The van der Waals surface area contributed by atoms with E-state index in [0.717, 1.165) is 6.42 Å². The van der Waals surface area contributed by atoms with Gasteiger partial charge in [-0.15, -0.1) is 0 Å². The molecule has 0 saturated carbocycles. The van der Waals surface area contributed by atoms with E-state index in [0.29, 0.717) is 13.0 Å². The van der Waals surface area contributed by atoms with Crippen molar-refractivity contribution in [2.24, 2.45) is 11.1 Å². The summed E-state index contributed by atoms with van der Waals surface area (Å²) in [5.74, 6) is -0.131. The summed E-state index contributed by atoms with van der Waals surface area (Å²) in [7, 11) is 1.75. The molecule has 0 radical (unpaired) electrons.